The topological polar surface area (TPSA) is 187 Å². The van der Waals surface area contributed by atoms with Crippen LogP contribution in [0, 0.1) is 23.3 Å². The number of nitrogens with zero attached hydrogens (tertiary/aromatic N) is 6. The van der Waals surface area contributed by atoms with Crippen LogP contribution in [0.5, 0.6) is 23.0 Å². The highest BCUT2D eigenvalue weighted by molar-refractivity contribution is 6.13. The van der Waals surface area contributed by atoms with Gasteiger partial charge in [0.2, 0.25) is 5.95 Å². The average Bonchev–Trinajstić information content (AvgIpc) is 3.69. The maximum Gasteiger partial charge on any atom is 0.337 e. The average molecular weight is 829 g/mol. The van der Waals surface area contributed by atoms with E-state index in [0.717, 1.165) is 24.4 Å². The fourth-order valence-corrected chi connectivity index (χ4v) is 6.20. The van der Waals surface area contributed by atoms with Crippen molar-refractivity contribution in [2.45, 2.75) is 13.5 Å². The summed E-state index contributed by atoms with van der Waals surface area (Å²) in [5.41, 5.74) is 0.566. The van der Waals surface area contributed by atoms with E-state index in [4.69, 9.17) is 18.9 Å². The molecule has 4 aromatic carbocycles. The number of carbonyl (C=O) groups is 2. The number of carboxylic acid groups (broad SMARTS) is 1. The summed E-state index contributed by atoms with van der Waals surface area (Å²) in [5.74, 6) is -6.02. The number of methoxy groups -OCH3 is 4. The molecule has 0 spiro atoms. The zero-order chi connectivity index (χ0) is 43.2. The van der Waals surface area contributed by atoms with Gasteiger partial charge in [-0.25, -0.2) is 27.3 Å². The number of hydrogen-bond acceptors (Lipinski definition) is 12. The predicted molar refractivity (Wildman–Crippen MR) is 211 cm³/mol. The van der Waals surface area contributed by atoms with Gasteiger partial charge in [0.15, 0.2) is 46.3 Å². The monoisotopic (exact) mass is 828 g/mol. The Morgan fingerprint density at radius 2 is 1.08 bits per heavy atom. The number of rotatable bonds is 12. The number of aromatic nitrogens is 6. The van der Waals surface area contributed by atoms with Crippen LogP contribution < -0.4 is 24.3 Å². The number of aromatic carboxylic acids is 1. The van der Waals surface area contributed by atoms with Crippen LogP contribution >= 0.6 is 0 Å². The molecule has 1 amide bonds. The van der Waals surface area contributed by atoms with Crippen molar-refractivity contribution in [1.82, 2.24) is 34.8 Å². The number of anilines is 1. The van der Waals surface area contributed by atoms with Gasteiger partial charge in [-0.05, 0) is 25.7 Å². The van der Waals surface area contributed by atoms with Gasteiger partial charge in [-0.2, -0.15) is 0 Å². The summed E-state index contributed by atoms with van der Waals surface area (Å²) in [6.07, 6.45) is 7.03. The summed E-state index contributed by atoms with van der Waals surface area (Å²) < 4.78 is 79.7. The van der Waals surface area contributed by atoms with E-state index in [1.165, 1.54) is 77.5 Å². The van der Waals surface area contributed by atoms with Gasteiger partial charge in [0.25, 0.3) is 5.91 Å². The van der Waals surface area contributed by atoms with E-state index in [9.17, 15) is 23.5 Å². The van der Waals surface area contributed by atoms with Crippen LogP contribution in [0.2, 0.25) is 0 Å². The molecule has 0 fully saturated rings. The minimum atomic E-state index is -1.22. The molecule has 19 heteroatoms. The van der Waals surface area contributed by atoms with Crippen molar-refractivity contribution >= 4 is 39.9 Å². The SMILES string of the molecule is CCN(C)Cc1cnc(NC(=O)c2ccc(-c3c(F)c(OC)cc(OC)c3F)c3nccnc23)[nH]1.COc1cc(OC)c(F)c(-c2ccc(C(=O)O)c3nccnc23)c1F. The lowest BCUT2D eigenvalue weighted by Gasteiger charge is -2.15. The summed E-state index contributed by atoms with van der Waals surface area (Å²) in [6.45, 7) is 3.54. The summed E-state index contributed by atoms with van der Waals surface area (Å²) in [6, 6.07) is 7.56. The number of fused-ring (bicyclic) bond motifs is 2. The zero-order valence-corrected chi connectivity index (χ0v) is 32.9. The molecule has 0 bridgehead atoms. The minimum absolute atomic E-state index is 0.0214. The number of benzene rings is 4. The van der Waals surface area contributed by atoms with E-state index in [2.05, 4.69) is 40.1 Å². The molecule has 0 radical (unpaired) electrons. The third-order valence-corrected chi connectivity index (χ3v) is 9.25. The molecule has 0 unspecified atom stereocenters. The quantitative estimate of drug-likeness (QED) is 0.104. The molecule has 310 valence electrons. The van der Waals surface area contributed by atoms with Gasteiger partial charge in [-0.3, -0.25) is 30.0 Å². The Morgan fingerprint density at radius 1 is 0.667 bits per heavy atom. The number of hydrogen-bond donors (Lipinski definition) is 3. The number of carbonyl (C=O) groups excluding carboxylic acids is 1. The van der Waals surface area contributed by atoms with Gasteiger partial charge in [-0.1, -0.05) is 19.1 Å². The molecule has 3 aromatic heterocycles. The number of aromatic amines is 1. The molecular weight excluding hydrogens is 792 g/mol. The fraction of sp³-hybridized carbons (Fsp3) is 0.195. The Balaban J connectivity index is 0.000000213. The van der Waals surface area contributed by atoms with Gasteiger partial charge >= 0.3 is 5.97 Å². The Kier molecular flexibility index (Phi) is 12.7. The first-order valence-electron chi connectivity index (χ1n) is 17.8. The maximum absolute atomic E-state index is 15.2. The second-order valence-electron chi connectivity index (χ2n) is 12.7. The van der Waals surface area contributed by atoms with Crippen molar-refractivity contribution < 1.29 is 51.2 Å². The van der Waals surface area contributed by atoms with Crippen LogP contribution in [0.25, 0.3) is 44.3 Å². The molecule has 0 atom stereocenters. The normalized spacial score (nSPS) is 11.0. The standard InChI is InChI=1S/C24H24F2N6O3.C17H12F2N2O4/c1-5-32(2)12-13-11-29-24(30-13)31-23(33)15-7-6-14(21-22(15)28-9-8-27-21)18-19(25)16(34-3)10-17(35-4)20(18)26;1-24-10-7-11(25-2)14(19)12(13(10)18)8-3-4-9(17(22)23)16-15(8)20-5-6-21-16/h6-11H,5,12H2,1-4H3,(H2,29,30,31,33);3-7H,1-2H3,(H,22,23). The fourth-order valence-electron chi connectivity index (χ4n) is 6.20. The highest BCUT2D eigenvalue weighted by atomic mass is 19.1. The third kappa shape index (κ3) is 8.14. The number of amides is 1. The van der Waals surface area contributed by atoms with Gasteiger partial charge in [0, 0.05) is 54.6 Å². The maximum atomic E-state index is 15.2. The van der Waals surface area contributed by atoms with Crippen molar-refractivity contribution in [3.05, 3.63) is 107 Å². The molecule has 0 saturated carbocycles. The smallest absolute Gasteiger partial charge is 0.337 e. The molecule has 0 aliphatic heterocycles. The summed E-state index contributed by atoms with van der Waals surface area (Å²) in [7, 11) is 6.99. The molecule has 7 aromatic rings. The van der Waals surface area contributed by atoms with Crippen molar-refractivity contribution in [2.24, 2.45) is 0 Å². The van der Waals surface area contributed by atoms with Crippen LogP contribution in [0.4, 0.5) is 23.5 Å². The third-order valence-electron chi connectivity index (χ3n) is 9.25. The van der Waals surface area contributed by atoms with Crippen LogP contribution in [-0.2, 0) is 6.54 Å². The van der Waals surface area contributed by atoms with E-state index in [1.54, 1.807) is 6.20 Å². The van der Waals surface area contributed by atoms with Crippen LogP contribution in [0.3, 0.4) is 0 Å². The molecule has 3 N–H and O–H groups in total. The van der Waals surface area contributed by atoms with Crippen molar-refractivity contribution in [2.75, 3.05) is 47.3 Å². The number of carboxylic acids is 1. The lowest BCUT2D eigenvalue weighted by atomic mass is 9.99. The largest absolute Gasteiger partial charge is 0.494 e. The Bertz CT molecular complexity index is 2700. The molecule has 3 heterocycles. The Morgan fingerprint density at radius 3 is 1.50 bits per heavy atom. The summed E-state index contributed by atoms with van der Waals surface area (Å²) >= 11 is 0. The first-order chi connectivity index (χ1) is 28.9. The highest BCUT2D eigenvalue weighted by Crippen LogP contribution is 2.41. The van der Waals surface area contributed by atoms with Gasteiger partial charge in [0.1, 0.15) is 11.0 Å². The van der Waals surface area contributed by atoms with E-state index in [1.807, 2.05) is 14.0 Å². The molecule has 15 nitrogen and oxygen atoms in total. The zero-order valence-electron chi connectivity index (χ0n) is 32.9. The van der Waals surface area contributed by atoms with Crippen LogP contribution in [0.1, 0.15) is 33.3 Å². The van der Waals surface area contributed by atoms with Gasteiger partial charge in [-0.15, -0.1) is 0 Å². The second kappa shape index (κ2) is 18.0. The second-order valence-corrected chi connectivity index (χ2v) is 12.7. The van der Waals surface area contributed by atoms with E-state index >= 15 is 8.78 Å². The van der Waals surface area contributed by atoms with Gasteiger partial charge < -0.3 is 33.9 Å². The van der Waals surface area contributed by atoms with Crippen molar-refractivity contribution in [1.29, 1.82) is 0 Å². The molecule has 0 aliphatic rings. The number of imidazole rings is 1. The molecule has 0 saturated heterocycles. The molecule has 7 rings (SSSR count). The minimum Gasteiger partial charge on any atom is -0.494 e. The highest BCUT2D eigenvalue weighted by Gasteiger charge is 2.27. The van der Waals surface area contributed by atoms with Crippen LogP contribution in [-0.4, -0.2) is 93.8 Å². The van der Waals surface area contributed by atoms with Crippen LogP contribution in [0.15, 0.2) is 67.4 Å². The lowest BCUT2D eigenvalue weighted by Crippen LogP contribution is -2.17. The first kappa shape index (κ1) is 42.2. The summed E-state index contributed by atoms with van der Waals surface area (Å²) in [4.78, 5) is 50.3. The Hall–Kier alpha value is -7.41. The molecular formula is C41H36F4N8O7. The van der Waals surface area contributed by atoms with Crippen molar-refractivity contribution in [3.63, 3.8) is 0 Å². The van der Waals surface area contributed by atoms with Crippen molar-refractivity contribution in [3.8, 4) is 45.3 Å². The number of halogens is 4. The van der Waals surface area contributed by atoms with E-state index in [0.29, 0.717) is 6.54 Å². The van der Waals surface area contributed by atoms with E-state index in [-0.39, 0.29) is 73.3 Å². The molecule has 0 aliphatic carbocycles. The molecule has 60 heavy (non-hydrogen) atoms. The Labute approximate surface area is 339 Å². The number of ether oxygens (including phenoxy) is 4. The summed E-state index contributed by atoms with van der Waals surface area (Å²) in [5, 5.41) is 12.0. The van der Waals surface area contributed by atoms with Gasteiger partial charge in [0.05, 0.1) is 73.6 Å². The predicted octanol–water partition coefficient (Wildman–Crippen LogP) is 7.31. The first-order valence-corrected chi connectivity index (χ1v) is 17.8. The number of H-pyrrole nitrogens is 1. The van der Waals surface area contributed by atoms with E-state index < -0.39 is 46.3 Å². The number of nitrogens with one attached hydrogen (secondary N) is 2. The lowest BCUT2D eigenvalue weighted by molar-refractivity contribution is 0.0698.